The number of rotatable bonds is 4. The van der Waals surface area contributed by atoms with Crippen LogP contribution in [0.4, 0.5) is 0 Å². The fraction of sp³-hybridized carbons (Fsp3) is 0.333. The highest BCUT2D eigenvalue weighted by atomic mass is 16.5. The normalized spacial score (nSPS) is 16.6. The predicted molar refractivity (Wildman–Crippen MR) is 88.1 cm³/mol. The van der Waals surface area contributed by atoms with Gasteiger partial charge in [-0.25, -0.2) is 4.79 Å². The number of aryl methyl sites for hydroxylation is 1. The summed E-state index contributed by atoms with van der Waals surface area (Å²) in [5.74, 6) is -0.573. The molecule has 1 aliphatic rings. The SMILES string of the molecule is Cc1ccc(OC2(C(=O)O)CCN(C(=O)c3ccc[nH]3)CC2)cc1. The molecule has 0 atom stereocenters. The minimum atomic E-state index is -1.29. The Hall–Kier alpha value is -2.76. The number of benzene rings is 1. The number of nitrogens with one attached hydrogen (secondary N) is 1. The number of aromatic amines is 1. The minimum absolute atomic E-state index is 0.116. The highest BCUT2D eigenvalue weighted by Gasteiger charge is 2.45. The number of carboxylic acid groups (broad SMARTS) is 1. The first-order valence-corrected chi connectivity index (χ1v) is 7.92. The van der Waals surface area contributed by atoms with Crippen LogP contribution in [0.3, 0.4) is 0 Å². The quantitative estimate of drug-likeness (QED) is 0.903. The van der Waals surface area contributed by atoms with Crippen molar-refractivity contribution in [3.63, 3.8) is 0 Å². The lowest BCUT2D eigenvalue weighted by atomic mass is 9.90. The maximum absolute atomic E-state index is 12.3. The van der Waals surface area contributed by atoms with E-state index in [4.69, 9.17) is 4.74 Å². The molecule has 2 heterocycles. The summed E-state index contributed by atoms with van der Waals surface area (Å²) in [6.45, 7) is 2.65. The van der Waals surface area contributed by atoms with Crippen LogP contribution >= 0.6 is 0 Å². The number of ether oxygens (including phenoxy) is 1. The van der Waals surface area contributed by atoms with Gasteiger partial charge in [0, 0.05) is 32.1 Å². The summed E-state index contributed by atoms with van der Waals surface area (Å²) in [6, 6.07) is 10.8. The number of likely N-dealkylation sites (tertiary alicyclic amines) is 1. The van der Waals surface area contributed by atoms with Crippen molar-refractivity contribution in [1.82, 2.24) is 9.88 Å². The first kappa shape index (κ1) is 16.1. The van der Waals surface area contributed by atoms with Gasteiger partial charge in [0.1, 0.15) is 11.4 Å². The third-order valence-electron chi connectivity index (χ3n) is 4.41. The number of carbonyl (C=O) groups excluding carboxylic acids is 1. The van der Waals surface area contributed by atoms with Crippen molar-refractivity contribution >= 4 is 11.9 Å². The first-order chi connectivity index (χ1) is 11.5. The number of piperidine rings is 1. The lowest BCUT2D eigenvalue weighted by molar-refractivity contribution is -0.159. The molecule has 1 aromatic heterocycles. The molecule has 1 aromatic carbocycles. The van der Waals surface area contributed by atoms with Crippen molar-refractivity contribution in [3.8, 4) is 5.75 Å². The van der Waals surface area contributed by atoms with Crippen LogP contribution in [0.5, 0.6) is 5.75 Å². The Morgan fingerprint density at radius 3 is 2.38 bits per heavy atom. The highest BCUT2D eigenvalue weighted by Crippen LogP contribution is 2.30. The zero-order chi connectivity index (χ0) is 17.2. The number of carbonyl (C=O) groups is 2. The summed E-state index contributed by atoms with van der Waals surface area (Å²) in [7, 11) is 0. The molecule has 0 radical (unpaired) electrons. The highest BCUT2D eigenvalue weighted by molar-refractivity contribution is 5.92. The molecule has 1 aliphatic heterocycles. The molecule has 0 aliphatic carbocycles. The molecule has 3 rings (SSSR count). The van der Waals surface area contributed by atoms with Gasteiger partial charge in [0.15, 0.2) is 0 Å². The van der Waals surface area contributed by atoms with Crippen LogP contribution in [-0.2, 0) is 4.79 Å². The largest absolute Gasteiger partial charge is 0.478 e. The molecule has 1 saturated heterocycles. The van der Waals surface area contributed by atoms with E-state index in [2.05, 4.69) is 4.98 Å². The second-order valence-corrected chi connectivity index (χ2v) is 6.09. The van der Waals surface area contributed by atoms with Gasteiger partial charge in [-0.3, -0.25) is 4.79 Å². The molecule has 0 saturated carbocycles. The van der Waals surface area contributed by atoms with Crippen molar-refractivity contribution in [2.45, 2.75) is 25.4 Å². The molecule has 0 bridgehead atoms. The minimum Gasteiger partial charge on any atom is -0.478 e. The molecule has 1 fully saturated rings. The average molecular weight is 328 g/mol. The van der Waals surface area contributed by atoms with Crippen LogP contribution in [-0.4, -0.2) is 45.6 Å². The van der Waals surface area contributed by atoms with Crippen molar-refractivity contribution in [3.05, 3.63) is 53.9 Å². The standard InChI is InChI=1S/C18H20N2O4/c1-13-4-6-14(7-5-13)24-18(17(22)23)8-11-20(12-9-18)16(21)15-3-2-10-19-15/h2-7,10,19H,8-9,11-12H2,1H3,(H,22,23). The number of hydrogen-bond acceptors (Lipinski definition) is 3. The fourth-order valence-electron chi connectivity index (χ4n) is 2.90. The van der Waals surface area contributed by atoms with E-state index in [0.29, 0.717) is 24.5 Å². The second-order valence-electron chi connectivity index (χ2n) is 6.09. The van der Waals surface area contributed by atoms with Crippen molar-refractivity contribution in [2.24, 2.45) is 0 Å². The third-order valence-corrected chi connectivity index (χ3v) is 4.41. The number of nitrogens with zero attached hydrogens (tertiary/aromatic N) is 1. The van der Waals surface area contributed by atoms with Gasteiger partial charge < -0.3 is 19.7 Å². The summed E-state index contributed by atoms with van der Waals surface area (Å²) in [5, 5.41) is 9.68. The second kappa shape index (κ2) is 6.39. The van der Waals surface area contributed by atoms with Crippen LogP contribution in [0, 0.1) is 6.92 Å². The van der Waals surface area contributed by atoms with Gasteiger partial charge in [-0.05, 0) is 31.2 Å². The molecule has 2 aromatic rings. The Balaban J connectivity index is 1.71. The molecule has 6 heteroatoms. The summed E-state index contributed by atoms with van der Waals surface area (Å²) in [6.07, 6.45) is 2.20. The Labute approximate surface area is 140 Å². The van der Waals surface area contributed by atoms with E-state index < -0.39 is 11.6 Å². The molecular formula is C18H20N2O4. The van der Waals surface area contributed by atoms with Crippen molar-refractivity contribution in [1.29, 1.82) is 0 Å². The van der Waals surface area contributed by atoms with E-state index in [9.17, 15) is 14.7 Å². The van der Waals surface area contributed by atoms with Crippen LogP contribution in [0.25, 0.3) is 0 Å². The number of amides is 1. The summed E-state index contributed by atoms with van der Waals surface area (Å²) in [4.78, 5) is 28.7. The van der Waals surface area contributed by atoms with Gasteiger partial charge in [0.05, 0.1) is 0 Å². The van der Waals surface area contributed by atoms with E-state index in [1.54, 1.807) is 35.4 Å². The number of aliphatic carboxylic acids is 1. The Kier molecular flexibility index (Phi) is 4.29. The van der Waals surface area contributed by atoms with Gasteiger partial charge in [-0.1, -0.05) is 17.7 Å². The van der Waals surface area contributed by atoms with Crippen LogP contribution in [0.1, 0.15) is 28.9 Å². The molecule has 0 spiro atoms. The molecule has 2 N–H and O–H groups in total. The molecule has 0 unspecified atom stereocenters. The summed E-state index contributed by atoms with van der Waals surface area (Å²) < 4.78 is 5.83. The monoisotopic (exact) mass is 328 g/mol. The van der Waals surface area contributed by atoms with Gasteiger partial charge >= 0.3 is 5.97 Å². The average Bonchev–Trinajstić information content (AvgIpc) is 3.11. The fourth-order valence-corrected chi connectivity index (χ4v) is 2.90. The third kappa shape index (κ3) is 3.13. The summed E-state index contributed by atoms with van der Waals surface area (Å²) in [5.41, 5.74) is 0.303. The van der Waals surface area contributed by atoms with Crippen LogP contribution in [0.15, 0.2) is 42.6 Å². The lowest BCUT2D eigenvalue weighted by Crippen LogP contribution is -2.54. The zero-order valence-corrected chi connectivity index (χ0v) is 13.5. The topological polar surface area (TPSA) is 82.6 Å². The maximum atomic E-state index is 12.3. The lowest BCUT2D eigenvalue weighted by Gasteiger charge is -2.38. The Morgan fingerprint density at radius 1 is 1.17 bits per heavy atom. The molecular weight excluding hydrogens is 308 g/mol. The van der Waals surface area contributed by atoms with E-state index >= 15 is 0 Å². The number of hydrogen-bond donors (Lipinski definition) is 2. The van der Waals surface area contributed by atoms with E-state index in [1.807, 2.05) is 19.1 Å². The maximum Gasteiger partial charge on any atom is 0.348 e. The molecule has 24 heavy (non-hydrogen) atoms. The van der Waals surface area contributed by atoms with Gasteiger partial charge in [-0.15, -0.1) is 0 Å². The van der Waals surface area contributed by atoms with Gasteiger partial charge in [0.25, 0.3) is 5.91 Å². The van der Waals surface area contributed by atoms with Gasteiger partial charge in [0.2, 0.25) is 5.60 Å². The zero-order valence-electron chi connectivity index (χ0n) is 13.5. The van der Waals surface area contributed by atoms with Crippen molar-refractivity contribution in [2.75, 3.05) is 13.1 Å². The predicted octanol–water partition coefficient (Wildman–Crippen LogP) is 2.46. The van der Waals surface area contributed by atoms with Crippen LogP contribution < -0.4 is 4.74 Å². The number of carboxylic acids is 1. The first-order valence-electron chi connectivity index (χ1n) is 7.92. The van der Waals surface area contributed by atoms with Gasteiger partial charge in [-0.2, -0.15) is 0 Å². The van der Waals surface area contributed by atoms with Crippen molar-refractivity contribution < 1.29 is 19.4 Å². The molecule has 1 amide bonds. The Morgan fingerprint density at radius 2 is 1.83 bits per heavy atom. The molecule has 126 valence electrons. The summed E-state index contributed by atoms with van der Waals surface area (Å²) >= 11 is 0. The number of aromatic nitrogens is 1. The molecule has 6 nitrogen and oxygen atoms in total. The van der Waals surface area contributed by atoms with Crippen LogP contribution in [0.2, 0.25) is 0 Å². The van der Waals surface area contributed by atoms with E-state index in [-0.39, 0.29) is 18.7 Å². The van der Waals surface area contributed by atoms with E-state index in [1.165, 1.54) is 0 Å². The number of H-pyrrole nitrogens is 1. The smallest absolute Gasteiger partial charge is 0.348 e. The Bertz CT molecular complexity index is 714. The van der Waals surface area contributed by atoms with E-state index in [0.717, 1.165) is 5.56 Å².